The molecule has 2 rings (SSSR count). The van der Waals surface area contributed by atoms with Gasteiger partial charge in [0.15, 0.2) is 0 Å². The number of aryl methyl sites for hydroxylation is 1. The van der Waals surface area contributed by atoms with Crippen LogP contribution >= 0.6 is 0 Å². The molecule has 1 aromatic carbocycles. The van der Waals surface area contributed by atoms with Gasteiger partial charge < -0.3 is 5.32 Å². The highest BCUT2D eigenvalue weighted by atomic mass is 16.1. The Morgan fingerprint density at radius 3 is 2.68 bits per heavy atom. The molecule has 1 amide bonds. The Hall–Kier alpha value is -2.23. The van der Waals surface area contributed by atoms with Crippen molar-refractivity contribution in [3.63, 3.8) is 0 Å². The van der Waals surface area contributed by atoms with E-state index in [1.807, 2.05) is 18.2 Å². The van der Waals surface area contributed by atoms with E-state index in [0.29, 0.717) is 12.2 Å². The molecule has 0 atom stereocenters. The van der Waals surface area contributed by atoms with E-state index in [4.69, 9.17) is 0 Å². The Morgan fingerprint density at radius 2 is 1.95 bits per heavy atom. The van der Waals surface area contributed by atoms with Crippen molar-refractivity contribution in [1.82, 2.24) is 15.3 Å². The molecule has 0 bridgehead atoms. The van der Waals surface area contributed by atoms with Gasteiger partial charge in [-0.25, -0.2) is 4.98 Å². The van der Waals surface area contributed by atoms with Crippen molar-refractivity contribution >= 4 is 5.91 Å². The minimum Gasteiger partial charge on any atom is -0.351 e. The highest BCUT2D eigenvalue weighted by molar-refractivity contribution is 5.91. The summed E-state index contributed by atoms with van der Waals surface area (Å²) in [6, 6.07) is 10.4. The molecular formula is C15H17N3O. The average molecular weight is 255 g/mol. The summed E-state index contributed by atoms with van der Waals surface area (Å²) in [6.45, 7) is 0.669. The molecule has 0 saturated carbocycles. The summed E-state index contributed by atoms with van der Waals surface area (Å²) in [6.07, 6.45) is 7.60. The van der Waals surface area contributed by atoms with Gasteiger partial charge >= 0.3 is 0 Å². The maximum Gasteiger partial charge on any atom is 0.271 e. The number of hydrogen-bond acceptors (Lipinski definition) is 3. The van der Waals surface area contributed by atoms with Crippen LogP contribution in [0.2, 0.25) is 0 Å². The Morgan fingerprint density at radius 1 is 1.11 bits per heavy atom. The quantitative estimate of drug-likeness (QED) is 0.805. The topological polar surface area (TPSA) is 54.9 Å². The Labute approximate surface area is 112 Å². The van der Waals surface area contributed by atoms with Crippen LogP contribution in [-0.4, -0.2) is 22.4 Å². The summed E-state index contributed by atoms with van der Waals surface area (Å²) < 4.78 is 0. The zero-order valence-corrected chi connectivity index (χ0v) is 10.7. The van der Waals surface area contributed by atoms with Crippen molar-refractivity contribution in [2.24, 2.45) is 0 Å². The molecule has 0 saturated heterocycles. The second-order valence-corrected chi connectivity index (χ2v) is 4.29. The van der Waals surface area contributed by atoms with Crippen molar-refractivity contribution in [2.45, 2.75) is 19.3 Å². The van der Waals surface area contributed by atoms with Crippen LogP contribution in [0.3, 0.4) is 0 Å². The Balaban J connectivity index is 1.63. The standard InChI is InChI=1S/C15H17N3O/c19-15(14-12-16-10-11-17-14)18-9-5-4-8-13-6-2-1-3-7-13/h1-3,6-7,10-12H,4-5,8-9H2,(H,18,19). The third-order valence-corrected chi connectivity index (χ3v) is 2.82. The van der Waals surface area contributed by atoms with Crippen molar-refractivity contribution in [1.29, 1.82) is 0 Å². The number of benzene rings is 1. The van der Waals surface area contributed by atoms with Gasteiger partial charge in [0.05, 0.1) is 6.20 Å². The van der Waals surface area contributed by atoms with Gasteiger partial charge in [-0.2, -0.15) is 0 Å². The van der Waals surface area contributed by atoms with Gasteiger partial charge in [-0.15, -0.1) is 0 Å². The molecule has 1 heterocycles. The maximum atomic E-state index is 11.7. The SMILES string of the molecule is O=C(NCCCCc1ccccc1)c1cnccn1. The Kier molecular flexibility index (Phi) is 5.05. The van der Waals surface area contributed by atoms with Crippen molar-refractivity contribution < 1.29 is 4.79 Å². The summed E-state index contributed by atoms with van der Waals surface area (Å²) in [4.78, 5) is 19.5. The number of carbonyl (C=O) groups excluding carboxylic acids is 1. The van der Waals surface area contributed by atoms with Crippen molar-refractivity contribution in [3.8, 4) is 0 Å². The van der Waals surface area contributed by atoms with Crippen LogP contribution in [0.1, 0.15) is 28.9 Å². The molecule has 1 N–H and O–H groups in total. The number of carbonyl (C=O) groups is 1. The molecule has 0 fully saturated rings. The van der Waals surface area contributed by atoms with E-state index in [0.717, 1.165) is 19.3 Å². The maximum absolute atomic E-state index is 11.7. The first-order chi connectivity index (χ1) is 9.36. The first-order valence-electron chi connectivity index (χ1n) is 6.44. The predicted molar refractivity (Wildman–Crippen MR) is 73.7 cm³/mol. The van der Waals surface area contributed by atoms with E-state index in [2.05, 4.69) is 27.4 Å². The minimum absolute atomic E-state index is 0.159. The highest BCUT2D eigenvalue weighted by Gasteiger charge is 2.04. The van der Waals surface area contributed by atoms with E-state index in [1.165, 1.54) is 18.0 Å². The van der Waals surface area contributed by atoms with Crippen LogP contribution in [0.25, 0.3) is 0 Å². The third-order valence-electron chi connectivity index (χ3n) is 2.82. The molecule has 0 aliphatic carbocycles. The number of rotatable bonds is 6. The molecule has 0 aliphatic heterocycles. The van der Waals surface area contributed by atoms with Crippen LogP contribution in [0.5, 0.6) is 0 Å². The zero-order chi connectivity index (χ0) is 13.3. The monoisotopic (exact) mass is 255 g/mol. The molecule has 19 heavy (non-hydrogen) atoms. The van der Waals surface area contributed by atoms with Crippen molar-refractivity contribution in [2.75, 3.05) is 6.54 Å². The number of nitrogens with one attached hydrogen (secondary N) is 1. The molecule has 4 heteroatoms. The van der Waals surface area contributed by atoms with Gasteiger partial charge in [0.1, 0.15) is 5.69 Å². The van der Waals surface area contributed by atoms with Gasteiger partial charge in [0.25, 0.3) is 5.91 Å². The molecule has 0 radical (unpaired) electrons. The Bertz CT molecular complexity index is 499. The number of nitrogens with zero attached hydrogens (tertiary/aromatic N) is 2. The molecule has 0 spiro atoms. The van der Waals surface area contributed by atoms with E-state index in [1.54, 1.807) is 6.20 Å². The molecular weight excluding hydrogens is 238 g/mol. The van der Waals surface area contributed by atoms with Gasteiger partial charge in [0, 0.05) is 18.9 Å². The summed E-state index contributed by atoms with van der Waals surface area (Å²) in [5.74, 6) is -0.159. The van der Waals surface area contributed by atoms with Crippen LogP contribution in [0.15, 0.2) is 48.9 Å². The molecule has 1 aromatic heterocycles. The van der Waals surface area contributed by atoms with Crippen LogP contribution < -0.4 is 5.32 Å². The van der Waals surface area contributed by atoms with Gasteiger partial charge in [-0.05, 0) is 24.8 Å². The number of unbranched alkanes of at least 4 members (excludes halogenated alkanes) is 1. The summed E-state index contributed by atoms with van der Waals surface area (Å²) in [7, 11) is 0. The van der Waals surface area contributed by atoms with E-state index in [-0.39, 0.29) is 5.91 Å². The smallest absolute Gasteiger partial charge is 0.271 e. The van der Waals surface area contributed by atoms with Gasteiger partial charge in [0.2, 0.25) is 0 Å². The van der Waals surface area contributed by atoms with Crippen LogP contribution in [0, 0.1) is 0 Å². The third kappa shape index (κ3) is 4.50. The fourth-order valence-electron chi connectivity index (χ4n) is 1.81. The van der Waals surface area contributed by atoms with Gasteiger partial charge in [-0.1, -0.05) is 30.3 Å². The molecule has 0 aliphatic rings. The normalized spacial score (nSPS) is 10.1. The zero-order valence-electron chi connectivity index (χ0n) is 10.7. The summed E-state index contributed by atoms with van der Waals surface area (Å²) >= 11 is 0. The molecule has 98 valence electrons. The van der Waals surface area contributed by atoms with E-state index in [9.17, 15) is 4.79 Å². The minimum atomic E-state index is -0.159. The number of aromatic nitrogens is 2. The summed E-state index contributed by atoms with van der Waals surface area (Å²) in [5, 5.41) is 2.84. The lowest BCUT2D eigenvalue weighted by Crippen LogP contribution is -2.25. The number of hydrogen-bond donors (Lipinski definition) is 1. The van der Waals surface area contributed by atoms with Crippen LogP contribution in [0.4, 0.5) is 0 Å². The first-order valence-corrected chi connectivity index (χ1v) is 6.44. The second-order valence-electron chi connectivity index (χ2n) is 4.29. The number of amides is 1. The van der Waals surface area contributed by atoms with E-state index >= 15 is 0 Å². The van der Waals surface area contributed by atoms with Crippen molar-refractivity contribution in [3.05, 3.63) is 60.2 Å². The molecule has 0 unspecified atom stereocenters. The fraction of sp³-hybridized carbons (Fsp3) is 0.267. The lowest BCUT2D eigenvalue weighted by atomic mass is 10.1. The van der Waals surface area contributed by atoms with Crippen LogP contribution in [-0.2, 0) is 6.42 Å². The first kappa shape index (κ1) is 13.2. The van der Waals surface area contributed by atoms with E-state index < -0.39 is 0 Å². The lowest BCUT2D eigenvalue weighted by molar-refractivity contribution is 0.0947. The lowest BCUT2D eigenvalue weighted by Gasteiger charge is -2.04. The highest BCUT2D eigenvalue weighted by Crippen LogP contribution is 2.03. The van der Waals surface area contributed by atoms with Gasteiger partial charge in [-0.3, -0.25) is 9.78 Å². The fourth-order valence-corrected chi connectivity index (χ4v) is 1.81. The largest absolute Gasteiger partial charge is 0.351 e. The average Bonchev–Trinajstić information content (AvgIpc) is 2.49. The second kappa shape index (κ2) is 7.26. The summed E-state index contributed by atoms with van der Waals surface area (Å²) in [5.41, 5.74) is 1.70. The predicted octanol–water partition coefficient (Wildman–Crippen LogP) is 2.23. The molecule has 2 aromatic rings. The molecule has 4 nitrogen and oxygen atoms in total.